The van der Waals surface area contributed by atoms with E-state index in [1.807, 2.05) is 42.5 Å². The largest absolute Gasteiger partial charge is 0.435 e. The molecule has 4 aromatic rings. The number of fused-ring (bicyclic) bond motifs is 1. The van der Waals surface area contributed by atoms with Crippen molar-refractivity contribution in [3.63, 3.8) is 0 Å². The number of nitrogens with one attached hydrogen (secondary N) is 2. The number of halogens is 2. The minimum absolute atomic E-state index is 0.0944. The second-order valence-corrected chi connectivity index (χ2v) is 9.71. The Balaban J connectivity index is 1.64. The van der Waals surface area contributed by atoms with Gasteiger partial charge >= 0.3 is 0 Å². The zero-order valence-electron chi connectivity index (χ0n) is 18.9. The number of Topliss-reactive ketones (excluding diaryl/α,β-unsaturated/α-hetero) is 1. The van der Waals surface area contributed by atoms with Gasteiger partial charge in [0.2, 0.25) is 11.7 Å². The molecule has 7 nitrogen and oxygen atoms in total. The van der Waals surface area contributed by atoms with Crippen LogP contribution in [0.5, 0.6) is 0 Å². The van der Waals surface area contributed by atoms with E-state index in [0.29, 0.717) is 21.5 Å². The van der Waals surface area contributed by atoms with Crippen molar-refractivity contribution in [1.29, 1.82) is 0 Å². The van der Waals surface area contributed by atoms with Crippen molar-refractivity contribution in [2.24, 2.45) is 0 Å². The van der Waals surface area contributed by atoms with E-state index in [1.54, 1.807) is 18.3 Å². The third-order valence-electron chi connectivity index (χ3n) is 5.93. The molecule has 0 fully saturated rings. The molecule has 0 spiro atoms. The lowest BCUT2D eigenvalue weighted by molar-refractivity contribution is 0.0461. The Kier molecular flexibility index (Phi) is 5.71. The van der Waals surface area contributed by atoms with Crippen LogP contribution in [0.15, 0.2) is 59.1 Å². The molecular formula is C26H22Cl2N4O3. The fourth-order valence-corrected chi connectivity index (χ4v) is 4.50. The van der Waals surface area contributed by atoms with Crippen molar-refractivity contribution in [1.82, 2.24) is 10.2 Å². The summed E-state index contributed by atoms with van der Waals surface area (Å²) < 4.78 is 5.84. The fraction of sp³-hybridized carbons (Fsp3) is 0.154. The first-order valence-corrected chi connectivity index (χ1v) is 11.6. The summed E-state index contributed by atoms with van der Waals surface area (Å²) in [5.41, 5.74) is 9.65. The van der Waals surface area contributed by atoms with Crippen LogP contribution < -0.4 is 11.1 Å². The van der Waals surface area contributed by atoms with Crippen LogP contribution in [-0.2, 0) is 0 Å². The Hall–Kier alpha value is -3.52. The molecule has 0 bridgehead atoms. The molecule has 1 atom stereocenters. The minimum atomic E-state index is -1.64. The highest BCUT2D eigenvalue weighted by atomic mass is 35.5. The van der Waals surface area contributed by atoms with Crippen molar-refractivity contribution >= 4 is 52.2 Å². The summed E-state index contributed by atoms with van der Waals surface area (Å²) in [5.74, 6) is -0.374. The summed E-state index contributed by atoms with van der Waals surface area (Å²) >= 11 is 12.9. The van der Waals surface area contributed by atoms with Gasteiger partial charge in [-0.2, -0.15) is 5.10 Å². The smallest absolute Gasteiger partial charge is 0.231 e. The molecule has 0 radical (unpaired) electrons. The number of H-pyrrole nitrogens is 1. The number of anilines is 2. The molecule has 0 saturated carbocycles. The Bertz CT molecular complexity index is 1450. The van der Waals surface area contributed by atoms with Gasteiger partial charge in [0.1, 0.15) is 5.60 Å². The number of nitrogens with two attached hydrogens (primary N) is 1. The molecule has 0 aliphatic carbocycles. The maximum atomic E-state index is 12.7. The van der Waals surface area contributed by atoms with Crippen LogP contribution in [0.25, 0.3) is 22.9 Å². The first-order chi connectivity index (χ1) is 16.6. The van der Waals surface area contributed by atoms with Crippen LogP contribution in [0.1, 0.15) is 47.1 Å². The van der Waals surface area contributed by atoms with E-state index in [2.05, 4.69) is 15.5 Å². The summed E-state index contributed by atoms with van der Waals surface area (Å²) in [6, 6.07) is 14.6. The molecule has 35 heavy (non-hydrogen) atoms. The number of nitrogens with zero attached hydrogens (tertiary/aromatic N) is 1. The van der Waals surface area contributed by atoms with Crippen LogP contribution in [0.3, 0.4) is 0 Å². The summed E-state index contributed by atoms with van der Waals surface area (Å²) in [5, 5.41) is 21.6. The average molecular weight is 509 g/mol. The molecule has 5 rings (SSSR count). The van der Waals surface area contributed by atoms with Crippen LogP contribution in [0.4, 0.5) is 11.6 Å². The van der Waals surface area contributed by atoms with Crippen LogP contribution in [0, 0.1) is 0 Å². The number of aliphatic hydroxyl groups is 1. The van der Waals surface area contributed by atoms with Gasteiger partial charge in [-0.05, 0) is 60.9 Å². The Labute approximate surface area is 211 Å². The van der Waals surface area contributed by atoms with E-state index in [-0.39, 0.29) is 11.4 Å². The van der Waals surface area contributed by atoms with Crippen LogP contribution in [-0.4, -0.2) is 26.7 Å². The van der Waals surface area contributed by atoms with Gasteiger partial charge < -0.3 is 20.6 Å². The van der Waals surface area contributed by atoms with E-state index in [4.69, 9.17) is 33.4 Å². The highest BCUT2D eigenvalue weighted by Crippen LogP contribution is 2.47. The monoisotopic (exact) mass is 508 g/mol. The number of rotatable bonds is 5. The Morgan fingerprint density at radius 2 is 1.83 bits per heavy atom. The van der Waals surface area contributed by atoms with Gasteiger partial charge in [0.15, 0.2) is 5.76 Å². The minimum Gasteiger partial charge on any atom is -0.435 e. The molecule has 1 unspecified atom stereocenters. The predicted molar refractivity (Wildman–Crippen MR) is 138 cm³/mol. The molecule has 2 aromatic carbocycles. The molecular weight excluding hydrogens is 487 g/mol. The maximum absolute atomic E-state index is 12.7. The van der Waals surface area contributed by atoms with Gasteiger partial charge in [-0.15, -0.1) is 0 Å². The first-order valence-electron chi connectivity index (χ1n) is 10.9. The zero-order valence-corrected chi connectivity index (χ0v) is 20.4. The van der Waals surface area contributed by atoms with Crippen molar-refractivity contribution in [2.45, 2.75) is 25.5 Å². The number of ketones is 1. The second kappa shape index (κ2) is 8.61. The normalized spacial score (nSPS) is 15.3. The summed E-state index contributed by atoms with van der Waals surface area (Å²) in [6.45, 7) is 2.78. The Morgan fingerprint density at radius 1 is 1.11 bits per heavy atom. The molecule has 0 saturated heterocycles. The van der Waals surface area contributed by atoms with Gasteiger partial charge in [-0.1, -0.05) is 47.5 Å². The van der Waals surface area contributed by atoms with Crippen molar-refractivity contribution < 1.29 is 14.3 Å². The SMILES string of the molecule is CC(C)(O)C(=O)c1oc2c(c1N)C=C(c1ccc(Cl)cc1)C(c1ccc(-c3ccn[nH]3)cc1Cl)N2. The molecule has 0 amide bonds. The standard InChI is InChI=1S/C26H22Cl2N4O3/c1-26(2,34)24(33)23-21(29)18-12-17(13-3-6-15(27)7-4-13)22(31-25(18)35-23)16-8-5-14(11-19(16)28)20-9-10-30-32-20/h3-12,22,31,34H,29H2,1-2H3,(H,30,32). The fourth-order valence-electron chi connectivity index (χ4n) is 4.08. The maximum Gasteiger partial charge on any atom is 0.231 e. The summed E-state index contributed by atoms with van der Waals surface area (Å²) in [6.07, 6.45) is 3.55. The zero-order chi connectivity index (χ0) is 24.9. The quantitative estimate of drug-likeness (QED) is 0.237. The first kappa shape index (κ1) is 23.2. The van der Waals surface area contributed by atoms with E-state index < -0.39 is 17.4 Å². The molecule has 5 N–H and O–H groups in total. The van der Waals surface area contributed by atoms with E-state index in [1.165, 1.54) is 13.8 Å². The summed E-state index contributed by atoms with van der Waals surface area (Å²) in [4.78, 5) is 12.7. The highest BCUT2D eigenvalue weighted by molar-refractivity contribution is 6.32. The van der Waals surface area contributed by atoms with E-state index in [9.17, 15) is 9.90 Å². The van der Waals surface area contributed by atoms with Gasteiger partial charge in [0.05, 0.1) is 23.0 Å². The second-order valence-electron chi connectivity index (χ2n) is 8.87. The van der Waals surface area contributed by atoms with Crippen LogP contribution in [0.2, 0.25) is 10.0 Å². The third-order valence-corrected chi connectivity index (χ3v) is 6.51. The van der Waals surface area contributed by atoms with Gasteiger partial charge in [-0.3, -0.25) is 9.89 Å². The van der Waals surface area contributed by atoms with Gasteiger partial charge in [0, 0.05) is 21.8 Å². The predicted octanol–water partition coefficient (Wildman–Crippen LogP) is 6.22. The lowest BCUT2D eigenvalue weighted by Gasteiger charge is -2.27. The van der Waals surface area contributed by atoms with Gasteiger partial charge in [-0.25, -0.2) is 0 Å². The van der Waals surface area contributed by atoms with Crippen molar-refractivity contribution in [2.75, 3.05) is 11.1 Å². The Morgan fingerprint density at radius 3 is 2.46 bits per heavy atom. The molecule has 1 aliphatic rings. The van der Waals surface area contributed by atoms with Crippen molar-refractivity contribution in [3.8, 4) is 11.3 Å². The number of aromatic amines is 1. The lowest BCUT2D eigenvalue weighted by atomic mass is 9.88. The number of nitrogen functional groups attached to an aromatic ring is 1. The average Bonchev–Trinajstić information content (AvgIpc) is 3.46. The highest BCUT2D eigenvalue weighted by Gasteiger charge is 2.35. The number of hydrogen-bond acceptors (Lipinski definition) is 6. The topological polar surface area (TPSA) is 117 Å². The number of aromatic nitrogens is 2. The number of carbonyl (C=O) groups is 1. The van der Waals surface area contributed by atoms with E-state index >= 15 is 0 Å². The number of benzene rings is 2. The lowest BCUT2D eigenvalue weighted by Crippen LogP contribution is -2.31. The third kappa shape index (κ3) is 4.23. The van der Waals surface area contributed by atoms with Gasteiger partial charge in [0.25, 0.3) is 0 Å². The van der Waals surface area contributed by atoms with E-state index in [0.717, 1.165) is 28.0 Å². The summed E-state index contributed by atoms with van der Waals surface area (Å²) in [7, 11) is 0. The van der Waals surface area contributed by atoms with Crippen LogP contribution >= 0.6 is 23.2 Å². The molecule has 3 heterocycles. The van der Waals surface area contributed by atoms with Crippen molar-refractivity contribution in [3.05, 3.63) is 87.2 Å². The molecule has 2 aromatic heterocycles. The molecule has 9 heteroatoms. The number of furan rings is 1. The molecule has 178 valence electrons. The number of carbonyl (C=O) groups excluding carboxylic acids is 1. The molecule has 1 aliphatic heterocycles. The number of hydrogen-bond donors (Lipinski definition) is 4.